The fourth-order valence-corrected chi connectivity index (χ4v) is 5.12. The molecule has 0 aromatic heterocycles. The summed E-state index contributed by atoms with van der Waals surface area (Å²) in [6, 6.07) is 22.3. The Morgan fingerprint density at radius 1 is 0.944 bits per heavy atom. The van der Waals surface area contributed by atoms with Gasteiger partial charge in [0, 0.05) is 26.2 Å². The third-order valence-corrected chi connectivity index (χ3v) is 7.12. The quantitative estimate of drug-likeness (QED) is 0.431. The fourth-order valence-electron chi connectivity index (χ4n) is 4.16. The Morgan fingerprint density at radius 3 is 2.42 bits per heavy atom. The Kier molecular flexibility index (Phi) is 7.23. The summed E-state index contributed by atoms with van der Waals surface area (Å²) in [7, 11) is 1.60. The van der Waals surface area contributed by atoms with E-state index in [1.165, 1.54) is 17.8 Å². The van der Waals surface area contributed by atoms with Crippen molar-refractivity contribution in [2.45, 2.75) is 6.61 Å². The molecule has 0 N–H and O–H groups in total. The second kappa shape index (κ2) is 10.9. The van der Waals surface area contributed by atoms with Crippen molar-refractivity contribution >= 4 is 34.6 Å². The second-order valence-electron chi connectivity index (χ2n) is 8.42. The number of rotatable bonds is 6. The number of anilines is 1. The maximum Gasteiger partial charge on any atom is 0.286 e. The number of hydrogen-bond acceptors (Lipinski definition) is 6. The molecule has 0 atom stereocenters. The van der Waals surface area contributed by atoms with Crippen molar-refractivity contribution in [2.75, 3.05) is 38.2 Å². The lowest BCUT2D eigenvalue weighted by Crippen LogP contribution is -2.48. The van der Waals surface area contributed by atoms with Crippen molar-refractivity contribution in [1.82, 2.24) is 4.90 Å². The smallest absolute Gasteiger partial charge is 0.286 e. The summed E-state index contributed by atoms with van der Waals surface area (Å²) in [5.41, 5.74) is 2.51. The van der Waals surface area contributed by atoms with Crippen LogP contribution < -0.4 is 14.4 Å². The third kappa shape index (κ3) is 5.39. The SMILES string of the molecule is COc1cc(/C=C2\SC(N3CCN(c4ccccc4F)CC3)=NC2=O)ccc1OCc1ccccc1. The molecule has 8 heteroatoms. The number of carbonyl (C=O) groups is 1. The number of aliphatic imine (C=N–C) groups is 1. The van der Waals surface area contributed by atoms with Crippen LogP contribution in [0.25, 0.3) is 6.08 Å². The van der Waals surface area contributed by atoms with Crippen LogP contribution in [-0.2, 0) is 11.4 Å². The molecule has 0 saturated carbocycles. The first-order chi connectivity index (χ1) is 17.6. The van der Waals surface area contributed by atoms with Crippen molar-refractivity contribution in [1.29, 1.82) is 0 Å². The first-order valence-electron chi connectivity index (χ1n) is 11.7. The highest BCUT2D eigenvalue weighted by Crippen LogP contribution is 2.34. The average molecular weight is 504 g/mol. The van der Waals surface area contributed by atoms with E-state index in [4.69, 9.17) is 9.47 Å². The van der Waals surface area contributed by atoms with Crippen LogP contribution >= 0.6 is 11.8 Å². The Balaban J connectivity index is 1.22. The Bertz CT molecular complexity index is 1300. The van der Waals surface area contributed by atoms with E-state index in [0.29, 0.717) is 60.0 Å². The lowest BCUT2D eigenvalue weighted by atomic mass is 10.2. The minimum atomic E-state index is -0.255. The number of piperazine rings is 1. The van der Waals surface area contributed by atoms with E-state index in [1.54, 1.807) is 19.2 Å². The van der Waals surface area contributed by atoms with Gasteiger partial charge in [0.05, 0.1) is 17.7 Å². The third-order valence-electron chi connectivity index (χ3n) is 6.08. The number of methoxy groups -OCH3 is 1. The lowest BCUT2D eigenvalue weighted by molar-refractivity contribution is -0.113. The molecule has 3 aromatic carbocycles. The summed E-state index contributed by atoms with van der Waals surface area (Å²) in [6.45, 7) is 3.10. The predicted octanol–water partition coefficient (Wildman–Crippen LogP) is 5.21. The van der Waals surface area contributed by atoms with E-state index >= 15 is 0 Å². The zero-order valence-electron chi connectivity index (χ0n) is 19.9. The van der Waals surface area contributed by atoms with Gasteiger partial charge < -0.3 is 19.3 Å². The van der Waals surface area contributed by atoms with Gasteiger partial charge in [0.2, 0.25) is 0 Å². The van der Waals surface area contributed by atoms with Crippen LogP contribution in [0.1, 0.15) is 11.1 Å². The van der Waals surface area contributed by atoms with Gasteiger partial charge in [0.25, 0.3) is 5.91 Å². The number of amidine groups is 1. The van der Waals surface area contributed by atoms with Crippen molar-refractivity contribution in [2.24, 2.45) is 4.99 Å². The molecule has 0 spiro atoms. The van der Waals surface area contributed by atoms with Gasteiger partial charge in [0.15, 0.2) is 16.7 Å². The Hall–Kier alpha value is -3.78. The summed E-state index contributed by atoms with van der Waals surface area (Å²) >= 11 is 1.37. The molecule has 1 saturated heterocycles. The van der Waals surface area contributed by atoms with Gasteiger partial charge in [-0.25, -0.2) is 4.39 Å². The maximum atomic E-state index is 14.1. The molecule has 2 heterocycles. The molecule has 2 aliphatic heterocycles. The highest BCUT2D eigenvalue weighted by atomic mass is 32.2. The molecule has 1 amide bonds. The molecule has 3 aromatic rings. The molecule has 5 rings (SSSR count). The number of halogens is 1. The Morgan fingerprint density at radius 2 is 1.67 bits per heavy atom. The zero-order chi connectivity index (χ0) is 24.9. The molecular formula is C28H26FN3O3S. The predicted molar refractivity (Wildman–Crippen MR) is 142 cm³/mol. The largest absolute Gasteiger partial charge is 0.493 e. The van der Waals surface area contributed by atoms with Gasteiger partial charge in [0.1, 0.15) is 12.4 Å². The molecule has 6 nitrogen and oxygen atoms in total. The topological polar surface area (TPSA) is 54.4 Å². The highest BCUT2D eigenvalue weighted by Gasteiger charge is 2.29. The van der Waals surface area contributed by atoms with Gasteiger partial charge in [-0.3, -0.25) is 4.79 Å². The average Bonchev–Trinajstić information content (AvgIpc) is 3.28. The van der Waals surface area contributed by atoms with Crippen LogP contribution in [0.3, 0.4) is 0 Å². The van der Waals surface area contributed by atoms with Gasteiger partial charge in [-0.15, -0.1) is 0 Å². The standard InChI is InChI=1S/C28H26FN3O3S/c1-34-25-17-21(11-12-24(25)35-19-20-7-3-2-4-8-20)18-26-27(33)30-28(36-26)32-15-13-31(14-16-32)23-10-6-5-9-22(23)29/h2-12,17-18H,13-16,19H2,1H3/b26-18-. The number of ether oxygens (including phenoxy) is 2. The van der Waals surface area contributed by atoms with Crippen LogP contribution in [0.15, 0.2) is 82.7 Å². The van der Waals surface area contributed by atoms with E-state index in [0.717, 1.165) is 11.1 Å². The van der Waals surface area contributed by atoms with Gasteiger partial charge in [-0.05, 0) is 53.2 Å². The van der Waals surface area contributed by atoms with Crippen LogP contribution in [0, 0.1) is 5.82 Å². The van der Waals surface area contributed by atoms with Crippen molar-refractivity contribution < 1.29 is 18.7 Å². The number of amides is 1. The van der Waals surface area contributed by atoms with E-state index in [9.17, 15) is 9.18 Å². The summed E-state index contributed by atoms with van der Waals surface area (Å²) in [6.07, 6.45) is 1.82. The molecule has 184 valence electrons. The van der Waals surface area contributed by atoms with E-state index < -0.39 is 0 Å². The van der Waals surface area contributed by atoms with E-state index in [-0.39, 0.29) is 11.7 Å². The van der Waals surface area contributed by atoms with Crippen LogP contribution in [0.2, 0.25) is 0 Å². The first-order valence-corrected chi connectivity index (χ1v) is 12.5. The molecule has 2 aliphatic rings. The Labute approximate surface area is 214 Å². The maximum absolute atomic E-state index is 14.1. The number of thioether (sulfide) groups is 1. The monoisotopic (exact) mass is 503 g/mol. The number of para-hydroxylation sites is 1. The van der Waals surface area contributed by atoms with Crippen LogP contribution in [0.5, 0.6) is 11.5 Å². The normalized spacial score (nSPS) is 16.9. The van der Waals surface area contributed by atoms with Crippen molar-refractivity contribution in [3.63, 3.8) is 0 Å². The number of nitrogens with zero attached hydrogens (tertiary/aromatic N) is 3. The summed E-state index contributed by atoms with van der Waals surface area (Å²) < 4.78 is 25.6. The summed E-state index contributed by atoms with van der Waals surface area (Å²) in [5, 5.41) is 0.689. The molecule has 0 bridgehead atoms. The summed E-state index contributed by atoms with van der Waals surface area (Å²) in [4.78, 5) is 21.6. The van der Waals surface area contributed by atoms with Gasteiger partial charge >= 0.3 is 0 Å². The van der Waals surface area contributed by atoms with Crippen LogP contribution in [-0.4, -0.2) is 49.3 Å². The molecule has 0 unspecified atom stereocenters. The minimum absolute atomic E-state index is 0.217. The van der Waals surface area contributed by atoms with Crippen LogP contribution in [0.4, 0.5) is 10.1 Å². The molecule has 0 radical (unpaired) electrons. The van der Waals surface area contributed by atoms with Gasteiger partial charge in [-0.1, -0.05) is 48.5 Å². The molecule has 0 aliphatic carbocycles. The molecular weight excluding hydrogens is 477 g/mol. The highest BCUT2D eigenvalue weighted by molar-refractivity contribution is 8.18. The fraction of sp³-hybridized carbons (Fsp3) is 0.214. The minimum Gasteiger partial charge on any atom is -0.493 e. The number of carbonyl (C=O) groups excluding carboxylic acids is 1. The van der Waals surface area contributed by atoms with Crippen molar-refractivity contribution in [3.05, 3.63) is 94.6 Å². The van der Waals surface area contributed by atoms with Crippen molar-refractivity contribution in [3.8, 4) is 11.5 Å². The first kappa shape index (κ1) is 23.9. The number of benzene rings is 3. The number of hydrogen-bond donors (Lipinski definition) is 0. The molecule has 36 heavy (non-hydrogen) atoms. The lowest BCUT2D eigenvalue weighted by Gasteiger charge is -2.36. The van der Waals surface area contributed by atoms with E-state index in [2.05, 4.69) is 9.89 Å². The molecule has 1 fully saturated rings. The zero-order valence-corrected chi connectivity index (χ0v) is 20.7. The summed E-state index contributed by atoms with van der Waals surface area (Å²) in [5.74, 6) is 0.764. The van der Waals surface area contributed by atoms with Gasteiger partial charge in [-0.2, -0.15) is 4.99 Å². The second-order valence-corrected chi connectivity index (χ2v) is 9.43. The van der Waals surface area contributed by atoms with E-state index in [1.807, 2.05) is 65.6 Å².